The van der Waals surface area contributed by atoms with Gasteiger partial charge in [-0.1, -0.05) is 6.42 Å². The van der Waals surface area contributed by atoms with E-state index in [4.69, 9.17) is 4.74 Å². The normalized spacial score (nSPS) is 28.0. The number of nitrogens with zero attached hydrogens (tertiary/aromatic N) is 1. The van der Waals surface area contributed by atoms with Crippen LogP contribution in [0.2, 0.25) is 0 Å². The first-order chi connectivity index (χ1) is 7.31. The van der Waals surface area contributed by atoms with Crippen LogP contribution in [-0.4, -0.2) is 29.2 Å². The van der Waals surface area contributed by atoms with Gasteiger partial charge in [-0.15, -0.1) is 0 Å². The molecule has 3 nitrogen and oxygen atoms in total. The second-order valence-corrected chi connectivity index (χ2v) is 6.51. The average Bonchev–Trinajstić information content (AvgIpc) is 2.39. The lowest BCUT2D eigenvalue weighted by Gasteiger charge is -2.38. The standard InChI is InChI=1S/C13H23NO2/c1-10-8-13(6-5-7-13)9-14(10)11(15)16-12(2,3)4/h10H,5-9H2,1-4H3. The molecule has 1 aliphatic carbocycles. The highest BCUT2D eigenvalue weighted by atomic mass is 16.6. The molecule has 2 aliphatic rings. The van der Waals surface area contributed by atoms with Crippen LogP contribution in [0.3, 0.4) is 0 Å². The topological polar surface area (TPSA) is 29.5 Å². The summed E-state index contributed by atoms with van der Waals surface area (Å²) in [5.41, 5.74) is 0.0580. The Kier molecular flexibility index (Phi) is 2.67. The van der Waals surface area contributed by atoms with Crippen molar-refractivity contribution in [1.29, 1.82) is 0 Å². The van der Waals surface area contributed by atoms with Crippen LogP contribution in [0.1, 0.15) is 53.4 Å². The Balaban J connectivity index is 1.97. The maximum Gasteiger partial charge on any atom is 0.410 e. The molecule has 92 valence electrons. The Hall–Kier alpha value is -0.730. The fourth-order valence-electron chi connectivity index (χ4n) is 2.92. The molecule has 0 N–H and O–H groups in total. The Morgan fingerprint density at radius 2 is 2.00 bits per heavy atom. The lowest BCUT2D eigenvalue weighted by Crippen LogP contribution is -2.40. The van der Waals surface area contributed by atoms with E-state index in [0.29, 0.717) is 11.5 Å². The molecule has 1 atom stereocenters. The molecule has 0 aromatic heterocycles. The van der Waals surface area contributed by atoms with Gasteiger partial charge in [-0.3, -0.25) is 0 Å². The number of carbonyl (C=O) groups is 1. The monoisotopic (exact) mass is 225 g/mol. The van der Waals surface area contributed by atoms with Gasteiger partial charge in [-0.2, -0.15) is 0 Å². The predicted octanol–water partition coefficient (Wildman–Crippen LogP) is 3.19. The summed E-state index contributed by atoms with van der Waals surface area (Å²) in [5, 5.41) is 0. The van der Waals surface area contributed by atoms with Crippen LogP contribution in [0, 0.1) is 5.41 Å². The molecule has 2 fully saturated rings. The second kappa shape index (κ2) is 3.64. The molecule has 16 heavy (non-hydrogen) atoms. The lowest BCUT2D eigenvalue weighted by molar-refractivity contribution is 0.0200. The fraction of sp³-hybridized carbons (Fsp3) is 0.923. The Bertz CT molecular complexity index is 289. The third-order valence-corrected chi connectivity index (χ3v) is 3.81. The molecule has 1 amide bonds. The van der Waals surface area contributed by atoms with Gasteiger partial charge in [0.05, 0.1) is 0 Å². The zero-order valence-corrected chi connectivity index (χ0v) is 10.9. The Labute approximate surface area is 98.1 Å². The van der Waals surface area contributed by atoms with Gasteiger partial charge in [0.2, 0.25) is 0 Å². The van der Waals surface area contributed by atoms with Crippen molar-refractivity contribution in [2.75, 3.05) is 6.54 Å². The van der Waals surface area contributed by atoms with E-state index in [1.165, 1.54) is 19.3 Å². The SMILES string of the molecule is CC1CC2(CCC2)CN1C(=O)OC(C)(C)C. The maximum absolute atomic E-state index is 12.0. The number of rotatable bonds is 0. The van der Waals surface area contributed by atoms with Crippen molar-refractivity contribution in [3.05, 3.63) is 0 Å². The minimum absolute atomic E-state index is 0.135. The zero-order chi connectivity index (χ0) is 12.0. The van der Waals surface area contributed by atoms with Crippen LogP contribution in [0.15, 0.2) is 0 Å². The van der Waals surface area contributed by atoms with Gasteiger partial charge >= 0.3 is 6.09 Å². The van der Waals surface area contributed by atoms with Gasteiger partial charge in [0, 0.05) is 12.6 Å². The molecule has 1 saturated carbocycles. The quantitative estimate of drug-likeness (QED) is 0.633. The van der Waals surface area contributed by atoms with Gasteiger partial charge in [0.25, 0.3) is 0 Å². The van der Waals surface area contributed by atoms with Crippen molar-refractivity contribution in [1.82, 2.24) is 4.90 Å². The van der Waals surface area contributed by atoms with Crippen LogP contribution in [0.25, 0.3) is 0 Å². The molecule has 0 radical (unpaired) electrons. The summed E-state index contributed by atoms with van der Waals surface area (Å²) >= 11 is 0. The van der Waals surface area contributed by atoms with Crippen molar-refractivity contribution >= 4 is 6.09 Å². The summed E-state index contributed by atoms with van der Waals surface area (Å²) < 4.78 is 5.44. The third-order valence-electron chi connectivity index (χ3n) is 3.81. The number of ether oxygens (including phenoxy) is 1. The van der Waals surface area contributed by atoms with Crippen LogP contribution in [0.4, 0.5) is 4.79 Å². The van der Waals surface area contributed by atoms with Crippen LogP contribution in [0.5, 0.6) is 0 Å². The van der Waals surface area contributed by atoms with E-state index in [9.17, 15) is 4.79 Å². The van der Waals surface area contributed by atoms with Gasteiger partial charge in [-0.05, 0) is 52.4 Å². The lowest BCUT2D eigenvalue weighted by atomic mass is 9.68. The molecule has 1 unspecified atom stereocenters. The fourth-order valence-corrected chi connectivity index (χ4v) is 2.92. The highest BCUT2D eigenvalue weighted by Crippen LogP contribution is 2.50. The molecule has 1 heterocycles. The van der Waals surface area contributed by atoms with E-state index in [1.54, 1.807) is 0 Å². The summed E-state index contributed by atoms with van der Waals surface area (Å²) in [5.74, 6) is 0. The minimum Gasteiger partial charge on any atom is -0.444 e. The van der Waals surface area contributed by atoms with Gasteiger partial charge in [-0.25, -0.2) is 4.79 Å². The number of hydrogen-bond donors (Lipinski definition) is 0. The van der Waals surface area contributed by atoms with Crippen LogP contribution < -0.4 is 0 Å². The van der Waals surface area contributed by atoms with Crippen molar-refractivity contribution in [2.45, 2.75) is 65.0 Å². The smallest absolute Gasteiger partial charge is 0.410 e. The van der Waals surface area contributed by atoms with E-state index < -0.39 is 0 Å². The first-order valence-corrected chi connectivity index (χ1v) is 6.31. The molecular formula is C13H23NO2. The molecule has 1 aliphatic heterocycles. The molecule has 1 spiro atoms. The summed E-state index contributed by atoms with van der Waals surface area (Å²) in [4.78, 5) is 13.9. The molecule has 3 heteroatoms. The zero-order valence-electron chi connectivity index (χ0n) is 10.9. The minimum atomic E-state index is -0.383. The predicted molar refractivity (Wildman–Crippen MR) is 63.3 cm³/mol. The number of amides is 1. The van der Waals surface area contributed by atoms with Gasteiger partial charge in [0.1, 0.15) is 5.60 Å². The average molecular weight is 225 g/mol. The van der Waals surface area contributed by atoms with Crippen molar-refractivity contribution in [2.24, 2.45) is 5.41 Å². The van der Waals surface area contributed by atoms with Crippen molar-refractivity contribution in [3.63, 3.8) is 0 Å². The van der Waals surface area contributed by atoms with E-state index in [0.717, 1.165) is 13.0 Å². The molecule has 1 saturated heterocycles. The highest BCUT2D eigenvalue weighted by molar-refractivity contribution is 5.69. The van der Waals surface area contributed by atoms with Crippen LogP contribution in [-0.2, 0) is 4.74 Å². The van der Waals surface area contributed by atoms with E-state index in [-0.39, 0.29) is 11.7 Å². The van der Waals surface area contributed by atoms with E-state index in [1.807, 2.05) is 25.7 Å². The maximum atomic E-state index is 12.0. The molecule has 0 aromatic carbocycles. The number of carbonyl (C=O) groups excluding carboxylic acids is 1. The summed E-state index contributed by atoms with van der Waals surface area (Å²) in [6.45, 7) is 8.81. The van der Waals surface area contributed by atoms with E-state index >= 15 is 0 Å². The summed E-state index contributed by atoms with van der Waals surface area (Å²) in [7, 11) is 0. The Morgan fingerprint density at radius 1 is 1.38 bits per heavy atom. The molecule has 0 aromatic rings. The number of hydrogen-bond acceptors (Lipinski definition) is 2. The van der Waals surface area contributed by atoms with E-state index in [2.05, 4.69) is 6.92 Å². The van der Waals surface area contributed by atoms with Crippen LogP contribution >= 0.6 is 0 Å². The molecular weight excluding hydrogens is 202 g/mol. The van der Waals surface area contributed by atoms with Gasteiger partial charge in [0.15, 0.2) is 0 Å². The molecule has 0 bridgehead atoms. The van der Waals surface area contributed by atoms with Crippen molar-refractivity contribution in [3.8, 4) is 0 Å². The summed E-state index contributed by atoms with van der Waals surface area (Å²) in [6, 6.07) is 0.343. The second-order valence-electron chi connectivity index (χ2n) is 6.51. The first kappa shape index (κ1) is 11.7. The van der Waals surface area contributed by atoms with Crippen molar-refractivity contribution < 1.29 is 9.53 Å². The molecule has 2 rings (SSSR count). The highest BCUT2D eigenvalue weighted by Gasteiger charge is 2.48. The Morgan fingerprint density at radius 3 is 2.38 bits per heavy atom. The third kappa shape index (κ3) is 2.18. The van der Waals surface area contributed by atoms with Gasteiger partial charge < -0.3 is 9.64 Å². The number of likely N-dealkylation sites (tertiary alicyclic amines) is 1. The first-order valence-electron chi connectivity index (χ1n) is 6.31. The largest absolute Gasteiger partial charge is 0.444 e. The summed E-state index contributed by atoms with van der Waals surface area (Å²) in [6.07, 6.45) is 4.93.